The predicted octanol–water partition coefficient (Wildman–Crippen LogP) is 3.78. The summed E-state index contributed by atoms with van der Waals surface area (Å²) >= 11 is 1.64. The topological polar surface area (TPSA) is 51.0 Å². The fourth-order valence-electron chi connectivity index (χ4n) is 3.45. The summed E-state index contributed by atoms with van der Waals surface area (Å²) < 4.78 is 5.43. The van der Waals surface area contributed by atoms with E-state index in [1.165, 1.54) is 32.1 Å². The van der Waals surface area contributed by atoms with Crippen LogP contribution in [-0.4, -0.2) is 16.2 Å². The van der Waals surface area contributed by atoms with E-state index in [0.29, 0.717) is 23.2 Å². The van der Waals surface area contributed by atoms with Gasteiger partial charge < -0.3 is 9.84 Å². The molecule has 2 saturated carbocycles. The van der Waals surface area contributed by atoms with Crippen molar-refractivity contribution in [2.75, 3.05) is 0 Å². The molecule has 0 aromatic carbocycles. The second-order valence-corrected chi connectivity index (χ2v) is 7.08. The highest BCUT2D eigenvalue weighted by Crippen LogP contribution is 2.58. The molecule has 2 aromatic rings. The van der Waals surface area contributed by atoms with Gasteiger partial charge in [-0.3, -0.25) is 0 Å². The first-order valence-corrected chi connectivity index (χ1v) is 8.28. The molecule has 4 nitrogen and oxygen atoms in total. The third kappa shape index (κ3) is 2.09. The van der Waals surface area contributed by atoms with Gasteiger partial charge in [0.1, 0.15) is 0 Å². The molecule has 20 heavy (non-hydrogen) atoms. The van der Waals surface area contributed by atoms with Crippen LogP contribution in [0.1, 0.15) is 51.0 Å². The number of nitrogens with zero attached hydrogens (tertiary/aromatic N) is 2. The lowest BCUT2D eigenvalue weighted by molar-refractivity contribution is 0.292. The Morgan fingerprint density at radius 2 is 2.35 bits per heavy atom. The fourth-order valence-corrected chi connectivity index (χ4v) is 4.10. The molecule has 0 aliphatic heterocycles. The summed E-state index contributed by atoms with van der Waals surface area (Å²) in [5, 5.41) is 9.83. The molecular formula is C15H19N3OS. The zero-order chi connectivity index (χ0) is 13.6. The number of aromatic nitrogens is 2. The molecule has 2 aromatic heterocycles. The van der Waals surface area contributed by atoms with Gasteiger partial charge in [-0.2, -0.15) is 4.98 Å². The normalized spacial score (nSPS) is 25.1. The first-order valence-electron chi connectivity index (χ1n) is 7.40. The zero-order valence-corrected chi connectivity index (χ0v) is 12.4. The highest BCUT2D eigenvalue weighted by molar-refractivity contribution is 7.13. The Morgan fingerprint density at radius 1 is 1.45 bits per heavy atom. The molecule has 2 unspecified atom stereocenters. The van der Waals surface area contributed by atoms with E-state index in [1.807, 2.05) is 17.5 Å². The number of nitrogens with one attached hydrogen (secondary N) is 1. The van der Waals surface area contributed by atoms with Crippen LogP contribution < -0.4 is 5.32 Å². The molecule has 4 rings (SSSR count). The van der Waals surface area contributed by atoms with Gasteiger partial charge in [0, 0.05) is 6.04 Å². The molecule has 2 atom stereocenters. The van der Waals surface area contributed by atoms with Crippen LogP contribution in [-0.2, 0) is 0 Å². The van der Waals surface area contributed by atoms with Crippen molar-refractivity contribution < 1.29 is 4.52 Å². The lowest BCUT2D eigenvalue weighted by Crippen LogP contribution is -2.35. The van der Waals surface area contributed by atoms with Crippen molar-refractivity contribution in [3.63, 3.8) is 0 Å². The van der Waals surface area contributed by atoms with Crippen LogP contribution in [0.3, 0.4) is 0 Å². The molecule has 106 valence electrons. The molecule has 0 amide bonds. The van der Waals surface area contributed by atoms with Gasteiger partial charge in [0.2, 0.25) is 11.7 Å². The van der Waals surface area contributed by atoms with E-state index in [-0.39, 0.29) is 6.04 Å². The second-order valence-electron chi connectivity index (χ2n) is 6.13. The standard InChI is InChI=1S/C15H19N3OS/c1-10(16-12-5-2-6-15(12)7-8-15)14-17-13(18-19-14)11-4-3-9-20-11/h3-4,9-10,12,16H,2,5-8H2,1H3. The Morgan fingerprint density at radius 3 is 3.10 bits per heavy atom. The Balaban J connectivity index is 1.47. The smallest absolute Gasteiger partial charge is 0.243 e. The van der Waals surface area contributed by atoms with Gasteiger partial charge in [-0.1, -0.05) is 17.6 Å². The maximum atomic E-state index is 5.43. The van der Waals surface area contributed by atoms with Crippen LogP contribution in [0.2, 0.25) is 0 Å². The Bertz CT molecular complexity index is 588. The molecule has 2 heterocycles. The molecule has 0 bridgehead atoms. The van der Waals surface area contributed by atoms with Crippen LogP contribution >= 0.6 is 11.3 Å². The van der Waals surface area contributed by atoms with Gasteiger partial charge in [-0.05, 0) is 49.5 Å². The van der Waals surface area contributed by atoms with E-state index in [2.05, 4.69) is 22.4 Å². The minimum Gasteiger partial charge on any atom is -0.337 e. The van der Waals surface area contributed by atoms with Crippen LogP contribution in [0.5, 0.6) is 0 Å². The van der Waals surface area contributed by atoms with Crippen molar-refractivity contribution in [3.05, 3.63) is 23.4 Å². The van der Waals surface area contributed by atoms with Gasteiger partial charge in [0.15, 0.2) is 0 Å². The number of hydrogen-bond donors (Lipinski definition) is 1. The summed E-state index contributed by atoms with van der Waals surface area (Å²) in [5.41, 5.74) is 0.602. The maximum Gasteiger partial charge on any atom is 0.243 e. The first-order chi connectivity index (χ1) is 9.77. The monoisotopic (exact) mass is 289 g/mol. The van der Waals surface area contributed by atoms with Crippen molar-refractivity contribution in [1.29, 1.82) is 0 Å². The number of thiophene rings is 1. The van der Waals surface area contributed by atoms with Crippen molar-refractivity contribution in [1.82, 2.24) is 15.5 Å². The van der Waals surface area contributed by atoms with Gasteiger partial charge in [0.05, 0.1) is 10.9 Å². The molecule has 0 radical (unpaired) electrons. The van der Waals surface area contributed by atoms with E-state index in [0.717, 1.165) is 4.88 Å². The summed E-state index contributed by atoms with van der Waals surface area (Å²) in [6.07, 6.45) is 6.82. The summed E-state index contributed by atoms with van der Waals surface area (Å²) in [4.78, 5) is 5.59. The Hall–Kier alpha value is -1.20. The lowest BCUT2D eigenvalue weighted by atomic mass is 10.00. The molecule has 5 heteroatoms. The van der Waals surface area contributed by atoms with E-state index < -0.39 is 0 Å². The summed E-state index contributed by atoms with van der Waals surface area (Å²) in [5.74, 6) is 1.41. The van der Waals surface area contributed by atoms with Crippen LogP contribution in [0.4, 0.5) is 0 Å². The second kappa shape index (κ2) is 4.67. The van der Waals surface area contributed by atoms with Crippen LogP contribution in [0.15, 0.2) is 22.0 Å². The SMILES string of the molecule is CC(NC1CCCC12CC2)c1nc(-c2cccs2)no1. The average molecular weight is 289 g/mol. The molecule has 2 fully saturated rings. The summed E-state index contributed by atoms with van der Waals surface area (Å²) in [6, 6.07) is 4.80. The van der Waals surface area contributed by atoms with E-state index >= 15 is 0 Å². The minimum absolute atomic E-state index is 0.136. The van der Waals surface area contributed by atoms with Gasteiger partial charge in [-0.15, -0.1) is 11.3 Å². The Labute approximate surface area is 122 Å². The lowest BCUT2D eigenvalue weighted by Gasteiger charge is -2.22. The van der Waals surface area contributed by atoms with Crippen LogP contribution in [0, 0.1) is 5.41 Å². The zero-order valence-electron chi connectivity index (χ0n) is 11.6. The average Bonchev–Trinajstić information content (AvgIpc) is 2.90. The third-order valence-corrected chi connectivity index (χ3v) is 5.67. The van der Waals surface area contributed by atoms with Gasteiger partial charge in [0.25, 0.3) is 0 Å². The van der Waals surface area contributed by atoms with Gasteiger partial charge >= 0.3 is 0 Å². The van der Waals surface area contributed by atoms with E-state index in [1.54, 1.807) is 11.3 Å². The molecule has 2 aliphatic carbocycles. The quantitative estimate of drug-likeness (QED) is 0.930. The third-order valence-electron chi connectivity index (χ3n) is 4.80. The minimum atomic E-state index is 0.136. The number of hydrogen-bond acceptors (Lipinski definition) is 5. The van der Waals surface area contributed by atoms with Crippen molar-refractivity contribution in [2.45, 2.75) is 51.1 Å². The molecular weight excluding hydrogens is 270 g/mol. The Kier molecular flexibility index (Phi) is 2.93. The maximum absolute atomic E-state index is 5.43. The van der Waals surface area contributed by atoms with Crippen molar-refractivity contribution >= 4 is 11.3 Å². The van der Waals surface area contributed by atoms with Crippen molar-refractivity contribution in [3.8, 4) is 10.7 Å². The van der Waals surface area contributed by atoms with Crippen LogP contribution in [0.25, 0.3) is 10.7 Å². The number of rotatable bonds is 4. The molecule has 1 N–H and O–H groups in total. The highest BCUT2D eigenvalue weighted by atomic mass is 32.1. The van der Waals surface area contributed by atoms with Crippen molar-refractivity contribution in [2.24, 2.45) is 5.41 Å². The first kappa shape index (κ1) is 12.5. The highest BCUT2D eigenvalue weighted by Gasteiger charge is 2.52. The van der Waals surface area contributed by atoms with E-state index in [9.17, 15) is 0 Å². The van der Waals surface area contributed by atoms with E-state index in [4.69, 9.17) is 4.52 Å². The van der Waals surface area contributed by atoms with Gasteiger partial charge in [-0.25, -0.2) is 0 Å². The summed E-state index contributed by atoms with van der Waals surface area (Å²) in [6.45, 7) is 2.13. The largest absolute Gasteiger partial charge is 0.337 e. The molecule has 0 saturated heterocycles. The summed E-state index contributed by atoms with van der Waals surface area (Å²) in [7, 11) is 0. The molecule has 1 spiro atoms. The predicted molar refractivity (Wildman–Crippen MR) is 78.5 cm³/mol. The molecule has 2 aliphatic rings. The fraction of sp³-hybridized carbons (Fsp3) is 0.600.